The quantitative estimate of drug-likeness (QED) is 0.267. The highest BCUT2D eigenvalue weighted by Crippen LogP contribution is 2.29. The van der Waals surface area contributed by atoms with E-state index in [9.17, 15) is 24.5 Å². The number of non-ortho nitro benzene ring substituents is 1. The summed E-state index contributed by atoms with van der Waals surface area (Å²) in [4.78, 5) is 47.8. The van der Waals surface area contributed by atoms with Crippen LogP contribution in [0.3, 0.4) is 0 Å². The lowest BCUT2D eigenvalue weighted by molar-refractivity contribution is -0.384. The lowest BCUT2D eigenvalue weighted by Gasteiger charge is -2.19. The normalized spacial score (nSPS) is 11.2. The highest BCUT2D eigenvalue weighted by Gasteiger charge is 2.26. The van der Waals surface area contributed by atoms with Crippen molar-refractivity contribution in [1.82, 2.24) is 5.32 Å². The molecule has 0 spiro atoms. The topological polar surface area (TPSA) is 128 Å². The summed E-state index contributed by atoms with van der Waals surface area (Å²) in [5, 5.41) is 16.0. The number of benzene rings is 3. The maximum atomic E-state index is 12.9. The van der Waals surface area contributed by atoms with Crippen molar-refractivity contribution in [2.45, 2.75) is 6.10 Å². The zero-order valence-electron chi connectivity index (χ0n) is 17.1. The zero-order valence-corrected chi connectivity index (χ0v) is 18.7. The Hall–Kier alpha value is -4.05. The number of nitrogens with one attached hydrogen (secondary N) is 2. The van der Waals surface area contributed by atoms with Crippen LogP contribution < -0.4 is 10.6 Å². The summed E-state index contributed by atoms with van der Waals surface area (Å²) in [6.07, 6.45) is -1.31. The van der Waals surface area contributed by atoms with Crippen LogP contribution in [-0.4, -0.2) is 29.3 Å². The van der Waals surface area contributed by atoms with Crippen molar-refractivity contribution in [1.29, 1.82) is 0 Å². The molecular formula is C23H18BrN3O6. The first-order chi connectivity index (χ1) is 15.8. The third-order valence-electron chi connectivity index (χ3n) is 4.44. The minimum Gasteiger partial charge on any atom is -0.446 e. The van der Waals surface area contributed by atoms with Crippen LogP contribution in [0.5, 0.6) is 0 Å². The predicted molar refractivity (Wildman–Crippen MR) is 123 cm³/mol. The molecule has 3 rings (SSSR count). The molecule has 168 valence electrons. The van der Waals surface area contributed by atoms with Crippen molar-refractivity contribution >= 4 is 45.1 Å². The van der Waals surface area contributed by atoms with Crippen LogP contribution >= 0.6 is 15.9 Å². The second-order valence-corrected chi connectivity index (χ2v) is 7.59. The summed E-state index contributed by atoms with van der Waals surface area (Å²) in [5.41, 5.74) is 0.904. The van der Waals surface area contributed by atoms with Crippen LogP contribution in [0.15, 0.2) is 83.3 Å². The molecule has 0 saturated heterocycles. The predicted octanol–water partition coefficient (Wildman–Crippen LogP) is 4.01. The lowest BCUT2D eigenvalue weighted by Crippen LogP contribution is -2.33. The summed E-state index contributed by atoms with van der Waals surface area (Å²) >= 11 is 3.19. The molecule has 0 bridgehead atoms. The van der Waals surface area contributed by atoms with E-state index in [-0.39, 0.29) is 11.4 Å². The number of nitro benzene ring substituents is 1. The second kappa shape index (κ2) is 11.0. The molecule has 10 heteroatoms. The first-order valence-electron chi connectivity index (χ1n) is 9.67. The number of nitro groups is 1. The highest BCUT2D eigenvalue weighted by atomic mass is 79.9. The minimum atomic E-state index is -1.31. The van der Waals surface area contributed by atoms with E-state index in [1.807, 2.05) is 0 Å². The second-order valence-electron chi connectivity index (χ2n) is 6.74. The van der Waals surface area contributed by atoms with E-state index in [0.29, 0.717) is 15.6 Å². The van der Waals surface area contributed by atoms with Crippen LogP contribution in [0.25, 0.3) is 0 Å². The Morgan fingerprint density at radius 2 is 1.61 bits per heavy atom. The summed E-state index contributed by atoms with van der Waals surface area (Å²) in [5.74, 6) is -1.94. The van der Waals surface area contributed by atoms with E-state index in [1.165, 1.54) is 18.2 Å². The number of hydrogen-bond acceptors (Lipinski definition) is 6. The van der Waals surface area contributed by atoms with Gasteiger partial charge >= 0.3 is 5.97 Å². The van der Waals surface area contributed by atoms with Crippen molar-refractivity contribution in [2.24, 2.45) is 0 Å². The van der Waals surface area contributed by atoms with Gasteiger partial charge < -0.3 is 15.4 Å². The van der Waals surface area contributed by atoms with Gasteiger partial charge in [0.15, 0.2) is 0 Å². The third kappa shape index (κ3) is 6.47. The molecular weight excluding hydrogens is 494 g/mol. The van der Waals surface area contributed by atoms with Gasteiger partial charge in [0, 0.05) is 27.7 Å². The number of halogens is 1. The molecule has 0 aliphatic heterocycles. The van der Waals surface area contributed by atoms with Crippen molar-refractivity contribution in [3.63, 3.8) is 0 Å². The van der Waals surface area contributed by atoms with Crippen LogP contribution in [0.4, 0.5) is 11.4 Å². The first-order valence-corrected chi connectivity index (χ1v) is 10.5. The number of amides is 2. The summed E-state index contributed by atoms with van der Waals surface area (Å²) in [6.45, 7) is -0.439. The summed E-state index contributed by atoms with van der Waals surface area (Å²) < 4.78 is 5.66. The molecule has 0 fully saturated rings. The van der Waals surface area contributed by atoms with Gasteiger partial charge in [-0.05, 0) is 34.1 Å². The number of hydrogen-bond donors (Lipinski definition) is 2. The molecule has 0 radical (unpaired) electrons. The molecule has 9 nitrogen and oxygen atoms in total. The van der Waals surface area contributed by atoms with Gasteiger partial charge in [-0.3, -0.25) is 24.5 Å². The first kappa shape index (κ1) is 23.6. The van der Waals surface area contributed by atoms with E-state index in [4.69, 9.17) is 4.74 Å². The average molecular weight is 512 g/mol. The molecule has 33 heavy (non-hydrogen) atoms. The fourth-order valence-electron chi connectivity index (χ4n) is 2.84. The van der Waals surface area contributed by atoms with Gasteiger partial charge in [-0.25, -0.2) is 0 Å². The van der Waals surface area contributed by atoms with Gasteiger partial charge in [-0.2, -0.15) is 0 Å². The number of esters is 1. The van der Waals surface area contributed by atoms with Gasteiger partial charge in [-0.15, -0.1) is 0 Å². The maximum Gasteiger partial charge on any atom is 0.326 e. The Morgan fingerprint density at radius 1 is 0.970 bits per heavy atom. The molecule has 0 aromatic heterocycles. The highest BCUT2D eigenvalue weighted by molar-refractivity contribution is 9.10. The molecule has 0 saturated carbocycles. The van der Waals surface area contributed by atoms with Crippen molar-refractivity contribution in [3.05, 3.63) is 105 Å². The molecule has 1 atom stereocenters. The van der Waals surface area contributed by atoms with Gasteiger partial charge in [-0.1, -0.05) is 48.5 Å². The van der Waals surface area contributed by atoms with Crippen molar-refractivity contribution in [3.8, 4) is 0 Å². The largest absolute Gasteiger partial charge is 0.446 e. The Bertz CT molecular complexity index is 1170. The van der Waals surface area contributed by atoms with Gasteiger partial charge in [0.1, 0.15) is 6.54 Å². The number of rotatable bonds is 8. The SMILES string of the molecule is O=C(CNC(=O)c1ccccc1)O[C@@H](C(=O)Nc1ccc([N+](=O)[O-])cc1Br)c1ccccc1. The van der Waals surface area contributed by atoms with Gasteiger partial charge in [0.25, 0.3) is 17.5 Å². The fourth-order valence-corrected chi connectivity index (χ4v) is 3.30. The number of ether oxygens (including phenoxy) is 1. The summed E-state index contributed by atoms with van der Waals surface area (Å²) in [7, 11) is 0. The molecule has 3 aromatic carbocycles. The number of carbonyl (C=O) groups excluding carboxylic acids is 3. The molecule has 0 aliphatic rings. The Labute approximate surface area is 197 Å². The van der Waals surface area contributed by atoms with E-state index in [2.05, 4.69) is 26.6 Å². The van der Waals surface area contributed by atoms with Gasteiger partial charge in [0.2, 0.25) is 6.10 Å². The van der Waals surface area contributed by atoms with Crippen LogP contribution in [0.2, 0.25) is 0 Å². The fraction of sp³-hybridized carbons (Fsp3) is 0.0870. The average Bonchev–Trinajstić information content (AvgIpc) is 2.83. The number of anilines is 1. The molecule has 0 unspecified atom stereocenters. The smallest absolute Gasteiger partial charge is 0.326 e. The van der Waals surface area contributed by atoms with Crippen LogP contribution in [0.1, 0.15) is 22.0 Å². The Morgan fingerprint density at radius 3 is 2.21 bits per heavy atom. The minimum absolute atomic E-state index is 0.153. The zero-order chi connectivity index (χ0) is 23.8. The van der Waals surface area contributed by atoms with Crippen molar-refractivity contribution < 1.29 is 24.0 Å². The van der Waals surface area contributed by atoms with E-state index < -0.39 is 35.4 Å². The lowest BCUT2D eigenvalue weighted by atomic mass is 10.1. The Balaban J connectivity index is 1.71. The number of nitrogens with zero attached hydrogens (tertiary/aromatic N) is 1. The van der Waals surface area contributed by atoms with E-state index >= 15 is 0 Å². The monoisotopic (exact) mass is 511 g/mol. The molecule has 3 aromatic rings. The van der Waals surface area contributed by atoms with E-state index in [1.54, 1.807) is 60.7 Å². The van der Waals surface area contributed by atoms with Crippen molar-refractivity contribution in [2.75, 3.05) is 11.9 Å². The van der Waals surface area contributed by atoms with E-state index in [0.717, 1.165) is 0 Å². The molecule has 2 amide bonds. The standard InChI is InChI=1S/C23H18BrN3O6/c24-18-13-17(27(31)32)11-12-19(18)26-23(30)21(15-7-3-1-4-8-15)33-20(28)14-25-22(29)16-9-5-2-6-10-16/h1-13,21H,14H2,(H,25,29)(H,26,30)/t21-/m1/s1. The number of carbonyl (C=O) groups is 3. The summed E-state index contributed by atoms with van der Waals surface area (Å²) in [6, 6.07) is 20.5. The molecule has 0 aliphatic carbocycles. The van der Waals surface area contributed by atoms with Crippen LogP contribution in [0, 0.1) is 10.1 Å². The Kier molecular flexibility index (Phi) is 7.87. The van der Waals surface area contributed by atoms with Gasteiger partial charge in [0.05, 0.1) is 10.6 Å². The van der Waals surface area contributed by atoms with Crippen LogP contribution in [-0.2, 0) is 14.3 Å². The molecule has 2 N–H and O–H groups in total. The third-order valence-corrected chi connectivity index (χ3v) is 5.10. The molecule has 0 heterocycles. The maximum absolute atomic E-state index is 12.9.